The molecule has 2 aromatic heterocycles. The molecule has 3 aromatic rings. The number of likely N-dealkylation sites (tertiary alicyclic amines) is 2. The van der Waals surface area contributed by atoms with Crippen LogP contribution < -0.4 is 5.32 Å². The van der Waals surface area contributed by atoms with Crippen molar-refractivity contribution in [3.8, 4) is 11.3 Å². The summed E-state index contributed by atoms with van der Waals surface area (Å²) >= 11 is 0. The maximum absolute atomic E-state index is 13.3. The van der Waals surface area contributed by atoms with Crippen molar-refractivity contribution in [3.05, 3.63) is 53.2 Å². The van der Waals surface area contributed by atoms with Gasteiger partial charge in [0.1, 0.15) is 17.3 Å². The molecule has 1 aromatic carbocycles. The Morgan fingerprint density at radius 3 is 2.57 bits per heavy atom. The van der Waals surface area contributed by atoms with E-state index in [0.29, 0.717) is 31.6 Å². The zero-order chi connectivity index (χ0) is 30.7. The van der Waals surface area contributed by atoms with E-state index in [9.17, 15) is 19.2 Å². The Morgan fingerprint density at radius 1 is 1.07 bits per heavy atom. The van der Waals surface area contributed by atoms with E-state index in [1.54, 1.807) is 9.80 Å². The summed E-state index contributed by atoms with van der Waals surface area (Å²) in [7, 11) is 0. The molecule has 4 aliphatic heterocycles. The fraction of sp³-hybridized carbons (Fsp3) is 0.485. The predicted molar refractivity (Wildman–Crippen MR) is 163 cm³/mol. The summed E-state index contributed by atoms with van der Waals surface area (Å²) in [6.07, 6.45) is 4.74. The Labute approximate surface area is 256 Å². The van der Waals surface area contributed by atoms with E-state index >= 15 is 0 Å². The normalized spacial score (nSPS) is 21.2. The minimum absolute atomic E-state index is 0.0992. The predicted octanol–water partition coefficient (Wildman–Crippen LogP) is 3.85. The van der Waals surface area contributed by atoms with Gasteiger partial charge in [0.15, 0.2) is 0 Å². The number of benzene rings is 1. The van der Waals surface area contributed by atoms with Gasteiger partial charge in [0.05, 0.1) is 11.7 Å². The second-order valence-electron chi connectivity index (χ2n) is 13.4. The minimum Gasteiger partial charge on any atom is -0.444 e. The lowest BCUT2D eigenvalue weighted by atomic mass is 10.0. The first-order chi connectivity index (χ1) is 21.0. The summed E-state index contributed by atoms with van der Waals surface area (Å²) in [5.41, 5.74) is 4.71. The number of carbonyl (C=O) groups excluding carboxylic acids is 4. The Morgan fingerprint density at radius 2 is 1.84 bits per heavy atom. The zero-order valence-corrected chi connectivity index (χ0v) is 25.5. The molecule has 6 heterocycles. The van der Waals surface area contributed by atoms with Gasteiger partial charge in [-0.05, 0) is 88.5 Å². The van der Waals surface area contributed by atoms with E-state index in [-0.39, 0.29) is 30.4 Å². The Bertz CT molecular complexity index is 1680. The highest BCUT2D eigenvalue weighted by Crippen LogP contribution is 2.35. The average molecular weight is 599 g/mol. The third kappa shape index (κ3) is 5.23. The van der Waals surface area contributed by atoms with Crippen LogP contribution in [0.4, 0.5) is 4.79 Å². The van der Waals surface area contributed by atoms with Crippen molar-refractivity contribution in [1.82, 2.24) is 29.6 Å². The van der Waals surface area contributed by atoms with Crippen LogP contribution in [0.2, 0.25) is 0 Å². The fourth-order valence-electron chi connectivity index (χ4n) is 6.79. The van der Waals surface area contributed by atoms with Gasteiger partial charge < -0.3 is 19.1 Å². The van der Waals surface area contributed by atoms with Crippen molar-refractivity contribution >= 4 is 34.8 Å². The summed E-state index contributed by atoms with van der Waals surface area (Å²) in [6, 6.07) is 9.51. The smallest absolute Gasteiger partial charge is 0.410 e. The molecule has 0 saturated carbocycles. The largest absolute Gasteiger partial charge is 0.444 e. The number of pyridine rings is 1. The molecule has 7 rings (SSSR count). The summed E-state index contributed by atoms with van der Waals surface area (Å²) in [4.78, 5) is 61.0. The van der Waals surface area contributed by atoms with Crippen LogP contribution >= 0.6 is 0 Å². The number of imide groups is 1. The molecule has 4 amide bonds. The van der Waals surface area contributed by atoms with Gasteiger partial charge in [-0.3, -0.25) is 24.6 Å². The van der Waals surface area contributed by atoms with Gasteiger partial charge in [-0.15, -0.1) is 0 Å². The van der Waals surface area contributed by atoms with Gasteiger partial charge in [-0.2, -0.15) is 0 Å². The van der Waals surface area contributed by atoms with Crippen LogP contribution in [0.25, 0.3) is 22.3 Å². The van der Waals surface area contributed by atoms with Gasteiger partial charge in [0, 0.05) is 55.3 Å². The van der Waals surface area contributed by atoms with Crippen LogP contribution in [0.15, 0.2) is 36.5 Å². The SMILES string of the molecule is CC(C)(C)OC(=O)N1CC(n2ccc3c(CN4CCCC4)cc(-c4ccc5c(c4)CN(C4CCC(=O)NC4=O)C5=O)nc32)C1. The van der Waals surface area contributed by atoms with Crippen molar-refractivity contribution in [2.75, 3.05) is 26.2 Å². The van der Waals surface area contributed by atoms with Crippen LogP contribution in [0.5, 0.6) is 0 Å². The number of hydrogen-bond acceptors (Lipinski definition) is 7. The van der Waals surface area contributed by atoms with Gasteiger partial charge in [0.2, 0.25) is 11.8 Å². The van der Waals surface area contributed by atoms with Crippen molar-refractivity contribution in [1.29, 1.82) is 0 Å². The van der Waals surface area contributed by atoms with Crippen molar-refractivity contribution in [3.63, 3.8) is 0 Å². The maximum atomic E-state index is 13.3. The number of piperidine rings is 1. The minimum atomic E-state index is -0.649. The van der Waals surface area contributed by atoms with E-state index in [1.165, 1.54) is 18.4 Å². The van der Waals surface area contributed by atoms with Gasteiger partial charge in [-0.25, -0.2) is 9.78 Å². The molecule has 0 bridgehead atoms. The van der Waals surface area contributed by atoms with Gasteiger partial charge >= 0.3 is 6.09 Å². The molecule has 3 saturated heterocycles. The van der Waals surface area contributed by atoms with E-state index in [0.717, 1.165) is 47.5 Å². The molecular weight excluding hydrogens is 560 g/mol. The summed E-state index contributed by atoms with van der Waals surface area (Å²) in [6.45, 7) is 10.0. The molecule has 1 atom stereocenters. The molecule has 44 heavy (non-hydrogen) atoms. The number of hydrogen-bond donors (Lipinski definition) is 1. The van der Waals surface area contributed by atoms with Crippen molar-refractivity contribution in [2.24, 2.45) is 0 Å². The monoisotopic (exact) mass is 598 g/mol. The highest BCUT2D eigenvalue weighted by molar-refractivity contribution is 6.05. The first-order valence-electron chi connectivity index (χ1n) is 15.5. The van der Waals surface area contributed by atoms with Crippen LogP contribution in [0.1, 0.15) is 74.0 Å². The molecule has 1 unspecified atom stereocenters. The maximum Gasteiger partial charge on any atom is 0.410 e. The van der Waals surface area contributed by atoms with E-state index in [1.807, 2.05) is 39.0 Å². The van der Waals surface area contributed by atoms with E-state index in [4.69, 9.17) is 9.72 Å². The number of rotatable bonds is 5. The number of ether oxygens (including phenoxy) is 1. The topological polar surface area (TPSA) is 117 Å². The highest BCUT2D eigenvalue weighted by Gasteiger charge is 2.39. The summed E-state index contributed by atoms with van der Waals surface area (Å²) in [5.74, 6) is -0.899. The number of fused-ring (bicyclic) bond motifs is 2. The number of amides is 4. The molecular formula is C33H38N6O5. The number of carbonyl (C=O) groups is 4. The Hall–Kier alpha value is -4.25. The standard InChI is InChI=1S/C33H38N6O5/c1-33(2,3)44-32(43)37-18-23(19-37)38-13-10-24-22(16-36-11-4-5-12-36)15-26(34-29(24)38)20-6-7-25-21(14-20)17-39(31(25)42)27-8-9-28(40)35-30(27)41/h6-7,10,13-15,23,27H,4-5,8-9,11-12,16-19H2,1-3H3,(H,35,40,41). The van der Waals surface area contributed by atoms with Gasteiger partial charge in [0.25, 0.3) is 5.91 Å². The fourth-order valence-corrected chi connectivity index (χ4v) is 6.79. The highest BCUT2D eigenvalue weighted by atomic mass is 16.6. The second kappa shape index (κ2) is 10.7. The molecule has 0 radical (unpaired) electrons. The van der Waals surface area contributed by atoms with Gasteiger partial charge in [-0.1, -0.05) is 6.07 Å². The molecule has 3 fully saturated rings. The number of nitrogens with one attached hydrogen (secondary N) is 1. The molecule has 0 spiro atoms. The van der Waals surface area contributed by atoms with Crippen molar-refractivity contribution < 1.29 is 23.9 Å². The zero-order valence-electron chi connectivity index (χ0n) is 25.5. The van der Waals surface area contributed by atoms with Crippen LogP contribution in [-0.4, -0.2) is 85.9 Å². The Kier molecular flexibility index (Phi) is 6.95. The van der Waals surface area contributed by atoms with Crippen LogP contribution in [0.3, 0.4) is 0 Å². The van der Waals surface area contributed by atoms with Crippen LogP contribution in [0, 0.1) is 0 Å². The molecule has 0 aliphatic carbocycles. The molecule has 11 heteroatoms. The van der Waals surface area contributed by atoms with Crippen LogP contribution in [-0.2, 0) is 27.4 Å². The Balaban J connectivity index is 1.19. The molecule has 4 aliphatic rings. The molecule has 11 nitrogen and oxygen atoms in total. The first kappa shape index (κ1) is 28.5. The number of nitrogens with zero attached hydrogens (tertiary/aromatic N) is 5. The first-order valence-corrected chi connectivity index (χ1v) is 15.5. The van der Waals surface area contributed by atoms with E-state index < -0.39 is 17.6 Å². The molecule has 230 valence electrons. The average Bonchev–Trinajstić information content (AvgIpc) is 3.67. The molecule has 1 N–H and O–H groups in total. The third-order valence-corrected chi connectivity index (χ3v) is 9.09. The summed E-state index contributed by atoms with van der Waals surface area (Å²) in [5, 5.41) is 3.47. The van der Waals surface area contributed by atoms with E-state index in [2.05, 4.69) is 33.1 Å². The van der Waals surface area contributed by atoms with Crippen molar-refractivity contribution in [2.45, 2.75) is 77.2 Å². The summed E-state index contributed by atoms with van der Waals surface area (Å²) < 4.78 is 7.73. The third-order valence-electron chi connectivity index (χ3n) is 9.09. The lowest BCUT2D eigenvalue weighted by molar-refractivity contribution is -0.136. The number of aromatic nitrogens is 2. The lowest BCUT2D eigenvalue weighted by Gasteiger charge is -2.40. The lowest BCUT2D eigenvalue weighted by Crippen LogP contribution is -2.52. The quantitative estimate of drug-likeness (QED) is 0.444. The second-order valence-corrected chi connectivity index (χ2v) is 13.4.